The van der Waals surface area contributed by atoms with Crippen LogP contribution in [0, 0.1) is 11.8 Å². The second-order valence-corrected chi connectivity index (χ2v) is 3.09. The molecule has 1 aliphatic carbocycles. The minimum absolute atomic E-state index is 0.104. The fraction of sp³-hybridized carbons (Fsp3) is 1.00. The van der Waals surface area contributed by atoms with E-state index in [1.807, 2.05) is 0 Å². The molecule has 0 saturated heterocycles. The van der Waals surface area contributed by atoms with Gasteiger partial charge in [0.1, 0.15) is 6.17 Å². The lowest BCUT2D eigenvalue weighted by Crippen LogP contribution is -2.25. The van der Waals surface area contributed by atoms with Gasteiger partial charge >= 0.3 is 0 Å². The summed E-state index contributed by atoms with van der Waals surface area (Å²) in [5.41, 5.74) is 0. The van der Waals surface area contributed by atoms with Gasteiger partial charge in [-0.05, 0) is 12.3 Å². The molecule has 2 N–H and O–H groups in total. The molecule has 4 atom stereocenters. The van der Waals surface area contributed by atoms with Gasteiger partial charge in [0.2, 0.25) is 0 Å². The van der Waals surface area contributed by atoms with Gasteiger partial charge in [0.15, 0.2) is 0 Å². The van der Waals surface area contributed by atoms with Crippen molar-refractivity contribution in [3.05, 3.63) is 0 Å². The van der Waals surface area contributed by atoms with Gasteiger partial charge in [0.05, 0.1) is 6.10 Å². The number of halogens is 1. The van der Waals surface area contributed by atoms with Crippen LogP contribution in [-0.4, -0.2) is 29.1 Å². The van der Waals surface area contributed by atoms with Crippen LogP contribution in [0.25, 0.3) is 0 Å². The van der Waals surface area contributed by atoms with E-state index in [1.54, 1.807) is 6.92 Å². The normalized spacial score (nSPS) is 48.0. The highest BCUT2D eigenvalue weighted by molar-refractivity contribution is 4.88. The summed E-state index contributed by atoms with van der Waals surface area (Å²) in [5, 5.41) is 17.7. The minimum Gasteiger partial charge on any atom is -0.396 e. The fourth-order valence-electron chi connectivity index (χ4n) is 1.53. The van der Waals surface area contributed by atoms with Gasteiger partial charge in [-0.25, -0.2) is 4.39 Å². The third-order valence-electron chi connectivity index (χ3n) is 2.26. The standard InChI is InChI=1S/C7H13FO2/c1-4-2-5(3-9)7(10)6(4)8/h4-7,9-10H,2-3H2,1H3/t4-,5-,6-,7-/m1/s1. The molecule has 0 bridgehead atoms. The van der Waals surface area contributed by atoms with E-state index in [0.29, 0.717) is 6.42 Å². The number of hydrogen-bond donors (Lipinski definition) is 2. The monoisotopic (exact) mass is 148 g/mol. The Balaban J connectivity index is 2.53. The van der Waals surface area contributed by atoms with Crippen LogP contribution in [0.5, 0.6) is 0 Å². The first-order valence-corrected chi connectivity index (χ1v) is 3.59. The molecule has 60 valence electrons. The van der Waals surface area contributed by atoms with Crippen molar-refractivity contribution in [3.8, 4) is 0 Å². The summed E-state index contributed by atoms with van der Waals surface area (Å²) in [7, 11) is 0. The first-order chi connectivity index (χ1) is 4.66. The molecule has 0 aromatic carbocycles. The molecular formula is C7H13FO2. The Kier molecular flexibility index (Phi) is 2.26. The predicted molar refractivity (Wildman–Crippen MR) is 35.3 cm³/mol. The number of hydrogen-bond acceptors (Lipinski definition) is 2. The summed E-state index contributed by atoms with van der Waals surface area (Å²) < 4.78 is 12.8. The third-order valence-corrected chi connectivity index (χ3v) is 2.26. The highest BCUT2D eigenvalue weighted by Crippen LogP contribution is 2.32. The Morgan fingerprint density at radius 2 is 2.20 bits per heavy atom. The van der Waals surface area contributed by atoms with E-state index in [1.165, 1.54) is 0 Å². The largest absolute Gasteiger partial charge is 0.396 e. The van der Waals surface area contributed by atoms with Crippen molar-refractivity contribution in [2.24, 2.45) is 11.8 Å². The Hall–Kier alpha value is -0.150. The maximum absolute atomic E-state index is 12.8. The average Bonchev–Trinajstić information content (AvgIpc) is 2.17. The van der Waals surface area contributed by atoms with E-state index in [4.69, 9.17) is 10.2 Å². The summed E-state index contributed by atoms with van der Waals surface area (Å²) in [6.07, 6.45) is -1.49. The van der Waals surface area contributed by atoms with Gasteiger partial charge in [-0.3, -0.25) is 0 Å². The lowest BCUT2D eigenvalue weighted by Gasteiger charge is -2.11. The third kappa shape index (κ3) is 1.16. The molecule has 0 amide bonds. The minimum atomic E-state index is -1.14. The zero-order valence-electron chi connectivity index (χ0n) is 6.00. The van der Waals surface area contributed by atoms with Crippen LogP contribution >= 0.6 is 0 Å². The zero-order valence-corrected chi connectivity index (χ0v) is 6.00. The van der Waals surface area contributed by atoms with E-state index in [9.17, 15) is 4.39 Å². The van der Waals surface area contributed by atoms with E-state index in [-0.39, 0.29) is 18.4 Å². The van der Waals surface area contributed by atoms with Gasteiger partial charge in [0, 0.05) is 12.5 Å². The van der Waals surface area contributed by atoms with Gasteiger partial charge in [-0.15, -0.1) is 0 Å². The van der Waals surface area contributed by atoms with Gasteiger partial charge in [-0.1, -0.05) is 6.92 Å². The van der Waals surface area contributed by atoms with Crippen molar-refractivity contribution in [2.45, 2.75) is 25.6 Å². The molecule has 0 unspecified atom stereocenters. The summed E-state index contributed by atoms with van der Waals surface area (Å²) in [6.45, 7) is 1.65. The SMILES string of the molecule is C[C@@H]1C[C@H](CO)[C@@H](O)[C@@H]1F. The van der Waals surface area contributed by atoms with E-state index < -0.39 is 12.3 Å². The highest BCUT2D eigenvalue weighted by Gasteiger charge is 2.39. The first kappa shape index (κ1) is 7.95. The number of alkyl halides is 1. The highest BCUT2D eigenvalue weighted by atomic mass is 19.1. The quantitative estimate of drug-likeness (QED) is 0.562. The maximum atomic E-state index is 12.8. The molecular weight excluding hydrogens is 135 g/mol. The van der Waals surface area contributed by atoms with Crippen LogP contribution in [0.3, 0.4) is 0 Å². The molecule has 0 aromatic heterocycles. The number of rotatable bonds is 1. The molecule has 3 heteroatoms. The molecule has 0 spiro atoms. The Labute approximate surface area is 59.7 Å². The fourth-order valence-corrected chi connectivity index (χ4v) is 1.53. The Morgan fingerprint density at radius 3 is 2.40 bits per heavy atom. The van der Waals surface area contributed by atoms with E-state index >= 15 is 0 Å². The first-order valence-electron chi connectivity index (χ1n) is 3.59. The molecule has 1 aliphatic rings. The molecule has 1 saturated carbocycles. The number of aliphatic hydroxyl groups is 2. The summed E-state index contributed by atoms with van der Waals surface area (Å²) >= 11 is 0. The molecule has 0 radical (unpaired) electrons. The maximum Gasteiger partial charge on any atom is 0.129 e. The van der Waals surface area contributed by atoms with Crippen LogP contribution < -0.4 is 0 Å². The molecule has 1 rings (SSSR count). The second-order valence-electron chi connectivity index (χ2n) is 3.09. The zero-order chi connectivity index (χ0) is 7.72. The van der Waals surface area contributed by atoms with Gasteiger partial charge in [0.25, 0.3) is 0 Å². The van der Waals surface area contributed by atoms with E-state index in [2.05, 4.69) is 0 Å². The second kappa shape index (κ2) is 2.84. The van der Waals surface area contributed by atoms with Crippen molar-refractivity contribution in [3.63, 3.8) is 0 Å². The summed E-state index contributed by atoms with van der Waals surface area (Å²) in [5.74, 6) is -0.350. The molecule has 0 aromatic rings. The number of aliphatic hydroxyl groups excluding tert-OH is 2. The molecule has 0 heterocycles. The predicted octanol–water partition coefficient (Wildman–Crippen LogP) is 0.334. The summed E-state index contributed by atoms with van der Waals surface area (Å²) in [4.78, 5) is 0. The average molecular weight is 148 g/mol. The Bertz CT molecular complexity index is 118. The molecule has 1 fully saturated rings. The smallest absolute Gasteiger partial charge is 0.129 e. The van der Waals surface area contributed by atoms with Gasteiger partial charge < -0.3 is 10.2 Å². The lowest BCUT2D eigenvalue weighted by atomic mass is 10.1. The lowest BCUT2D eigenvalue weighted by molar-refractivity contribution is 0.0402. The van der Waals surface area contributed by atoms with Crippen LogP contribution in [-0.2, 0) is 0 Å². The van der Waals surface area contributed by atoms with Crippen molar-refractivity contribution < 1.29 is 14.6 Å². The van der Waals surface area contributed by atoms with Crippen molar-refractivity contribution in [1.29, 1.82) is 0 Å². The van der Waals surface area contributed by atoms with E-state index in [0.717, 1.165) is 0 Å². The summed E-state index contributed by atoms with van der Waals surface area (Å²) in [6, 6.07) is 0. The van der Waals surface area contributed by atoms with Crippen molar-refractivity contribution >= 4 is 0 Å². The van der Waals surface area contributed by atoms with Crippen LogP contribution in [0.15, 0.2) is 0 Å². The van der Waals surface area contributed by atoms with Crippen LogP contribution in [0.2, 0.25) is 0 Å². The van der Waals surface area contributed by atoms with Gasteiger partial charge in [-0.2, -0.15) is 0 Å². The topological polar surface area (TPSA) is 40.5 Å². The Morgan fingerprint density at radius 1 is 1.60 bits per heavy atom. The van der Waals surface area contributed by atoms with Crippen LogP contribution in [0.4, 0.5) is 4.39 Å². The van der Waals surface area contributed by atoms with Crippen molar-refractivity contribution in [2.75, 3.05) is 6.61 Å². The molecule has 2 nitrogen and oxygen atoms in total. The van der Waals surface area contributed by atoms with Crippen LogP contribution in [0.1, 0.15) is 13.3 Å². The van der Waals surface area contributed by atoms with Crippen molar-refractivity contribution in [1.82, 2.24) is 0 Å². The molecule has 10 heavy (non-hydrogen) atoms. The molecule has 0 aliphatic heterocycles.